The van der Waals surface area contributed by atoms with Gasteiger partial charge in [-0.05, 0) is 35.4 Å². The van der Waals surface area contributed by atoms with Gasteiger partial charge in [0, 0.05) is 12.2 Å². The zero-order valence-corrected chi connectivity index (χ0v) is 9.29. The number of hydrogen-bond acceptors (Lipinski definition) is 4. The molecule has 0 aliphatic rings. The zero-order valence-electron chi connectivity index (χ0n) is 8.47. The molecule has 0 amide bonds. The Morgan fingerprint density at radius 3 is 3.00 bits per heavy atom. The second kappa shape index (κ2) is 4.31. The molecule has 0 aliphatic heterocycles. The smallest absolute Gasteiger partial charge is 0.0552 e. The molecule has 2 aromatic heterocycles. The summed E-state index contributed by atoms with van der Waals surface area (Å²) in [6, 6.07) is 4.28. The maximum absolute atomic E-state index is 5.65. The number of nitrogens with zero attached hydrogens (tertiary/aromatic N) is 1. The minimum Gasteiger partial charge on any atom is -0.397 e. The number of pyridine rings is 1. The van der Waals surface area contributed by atoms with Crippen molar-refractivity contribution in [2.75, 3.05) is 11.1 Å². The number of rotatable bonds is 3. The fraction of sp³-hybridized carbons (Fsp3) is 0.182. The van der Waals surface area contributed by atoms with E-state index < -0.39 is 0 Å². The van der Waals surface area contributed by atoms with E-state index in [0.29, 0.717) is 5.69 Å². The van der Waals surface area contributed by atoms with Crippen LogP contribution in [0.25, 0.3) is 0 Å². The van der Waals surface area contributed by atoms with E-state index >= 15 is 0 Å². The first-order valence-corrected chi connectivity index (χ1v) is 5.69. The molecule has 2 aromatic rings. The normalized spacial score (nSPS) is 12.3. The van der Waals surface area contributed by atoms with E-state index in [1.807, 2.05) is 6.07 Å². The first kappa shape index (κ1) is 9.98. The van der Waals surface area contributed by atoms with Crippen LogP contribution in [0.3, 0.4) is 0 Å². The fourth-order valence-corrected chi connectivity index (χ4v) is 2.15. The highest BCUT2D eigenvalue weighted by molar-refractivity contribution is 7.07. The van der Waals surface area contributed by atoms with Crippen LogP contribution in [0.15, 0.2) is 35.3 Å². The quantitative estimate of drug-likeness (QED) is 0.834. The van der Waals surface area contributed by atoms with Crippen molar-refractivity contribution in [2.45, 2.75) is 13.0 Å². The average molecular weight is 219 g/mol. The molecule has 0 saturated heterocycles. The lowest BCUT2D eigenvalue weighted by molar-refractivity contribution is 0.889. The fourth-order valence-electron chi connectivity index (χ4n) is 1.39. The van der Waals surface area contributed by atoms with Crippen LogP contribution in [0.4, 0.5) is 11.4 Å². The van der Waals surface area contributed by atoms with E-state index in [1.54, 1.807) is 23.7 Å². The summed E-state index contributed by atoms with van der Waals surface area (Å²) in [5, 5.41) is 7.56. The molecule has 0 spiro atoms. The Labute approximate surface area is 93.0 Å². The van der Waals surface area contributed by atoms with Crippen LogP contribution in [0, 0.1) is 0 Å². The second-order valence-corrected chi connectivity index (χ2v) is 4.21. The highest BCUT2D eigenvalue weighted by atomic mass is 32.1. The number of nitrogen functional groups attached to an aromatic ring is 1. The molecular weight excluding hydrogens is 206 g/mol. The molecule has 3 N–H and O–H groups in total. The number of thiophene rings is 1. The summed E-state index contributed by atoms with van der Waals surface area (Å²) in [5.74, 6) is 0. The number of nitrogens with two attached hydrogens (primary N) is 1. The van der Waals surface area contributed by atoms with E-state index in [9.17, 15) is 0 Å². The molecule has 0 aromatic carbocycles. The highest BCUT2D eigenvalue weighted by Gasteiger charge is 2.05. The van der Waals surface area contributed by atoms with Crippen LogP contribution in [0.1, 0.15) is 18.5 Å². The molecule has 1 unspecified atom stereocenters. The van der Waals surface area contributed by atoms with Gasteiger partial charge in [-0.3, -0.25) is 4.98 Å². The molecule has 0 aliphatic carbocycles. The van der Waals surface area contributed by atoms with E-state index in [4.69, 9.17) is 5.73 Å². The molecule has 0 saturated carbocycles. The summed E-state index contributed by atoms with van der Waals surface area (Å²) in [6.07, 6.45) is 3.42. The van der Waals surface area contributed by atoms with Crippen LogP contribution in [0.2, 0.25) is 0 Å². The first-order chi connectivity index (χ1) is 7.25. The van der Waals surface area contributed by atoms with Crippen molar-refractivity contribution in [1.82, 2.24) is 4.98 Å². The van der Waals surface area contributed by atoms with Gasteiger partial charge in [-0.1, -0.05) is 0 Å². The Bertz CT molecular complexity index is 425. The average Bonchev–Trinajstić information content (AvgIpc) is 2.70. The Hall–Kier alpha value is -1.55. The Kier molecular flexibility index (Phi) is 2.87. The highest BCUT2D eigenvalue weighted by Crippen LogP contribution is 2.21. The van der Waals surface area contributed by atoms with Crippen molar-refractivity contribution >= 4 is 22.7 Å². The summed E-state index contributed by atoms with van der Waals surface area (Å²) >= 11 is 1.70. The Morgan fingerprint density at radius 2 is 2.33 bits per heavy atom. The topological polar surface area (TPSA) is 50.9 Å². The van der Waals surface area contributed by atoms with Crippen LogP contribution in [0.5, 0.6) is 0 Å². The summed E-state index contributed by atoms with van der Waals surface area (Å²) in [4.78, 5) is 4.03. The van der Waals surface area contributed by atoms with Gasteiger partial charge >= 0.3 is 0 Å². The van der Waals surface area contributed by atoms with E-state index in [2.05, 4.69) is 34.1 Å². The molecule has 0 bridgehead atoms. The zero-order chi connectivity index (χ0) is 10.7. The summed E-state index contributed by atoms with van der Waals surface area (Å²) in [7, 11) is 0. The predicted molar refractivity (Wildman–Crippen MR) is 65.0 cm³/mol. The third-order valence-electron chi connectivity index (χ3n) is 2.19. The maximum Gasteiger partial charge on any atom is 0.0552 e. The van der Waals surface area contributed by atoms with Crippen molar-refractivity contribution in [3.63, 3.8) is 0 Å². The summed E-state index contributed by atoms with van der Waals surface area (Å²) in [5.41, 5.74) is 8.56. The molecule has 4 heteroatoms. The number of nitrogens with one attached hydrogen (secondary N) is 1. The van der Waals surface area contributed by atoms with Crippen LogP contribution in [-0.2, 0) is 0 Å². The van der Waals surface area contributed by atoms with Gasteiger partial charge in [0.25, 0.3) is 0 Å². The van der Waals surface area contributed by atoms with Gasteiger partial charge in [-0.15, -0.1) is 0 Å². The molecule has 15 heavy (non-hydrogen) atoms. The SMILES string of the molecule is CC(Nc1cncc(N)c1)c1ccsc1. The molecular formula is C11H13N3S. The van der Waals surface area contributed by atoms with E-state index in [-0.39, 0.29) is 6.04 Å². The molecule has 0 radical (unpaired) electrons. The number of hydrogen-bond donors (Lipinski definition) is 2. The van der Waals surface area contributed by atoms with Crippen LogP contribution in [-0.4, -0.2) is 4.98 Å². The lowest BCUT2D eigenvalue weighted by Gasteiger charge is -2.13. The van der Waals surface area contributed by atoms with Crippen molar-refractivity contribution in [2.24, 2.45) is 0 Å². The summed E-state index contributed by atoms with van der Waals surface area (Å²) in [6.45, 7) is 2.12. The lowest BCUT2D eigenvalue weighted by Crippen LogP contribution is -2.05. The second-order valence-electron chi connectivity index (χ2n) is 3.43. The van der Waals surface area contributed by atoms with Crippen molar-refractivity contribution in [1.29, 1.82) is 0 Å². The first-order valence-electron chi connectivity index (χ1n) is 4.75. The van der Waals surface area contributed by atoms with Crippen LogP contribution < -0.4 is 11.1 Å². The van der Waals surface area contributed by atoms with E-state index in [0.717, 1.165) is 5.69 Å². The largest absolute Gasteiger partial charge is 0.397 e. The predicted octanol–water partition coefficient (Wildman–Crippen LogP) is 2.90. The Morgan fingerprint density at radius 1 is 1.47 bits per heavy atom. The maximum atomic E-state index is 5.65. The molecule has 1 atom stereocenters. The van der Waals surface area contributed by atoms with Gasteiger partial charge in [-0.25, -0.2) is 0 Å². The van der Waals surface area contributed by atoms with Crippen molar-refractivity contribution < 1.29 is 0 Å². The standard InChI is InChI=1S/C11H13N3S/c1-8(9-2-3-15-7-9)14-11-4-10(12)5-13-6-11/h2-8,14H,12H2,1H3. The van der Waals surface area contributed by atoms with E-state index in [1.165, 1.54) is 5.56 Å². The monoisotopic (exact) mass is 219 g/mol. The van der Waals surface area contributed by atoms with Crippen molar-refractivity contribution in [3.8, 4) is 0 Å². The van der Waals surface area contributed by atoms with Gasteiger partial charge in [0.1, 0.15) is 0 Å². The van der Waals surface area contributed by atoms with Crippen LogP contribution >= 0.6 is 11.3 Å². The van der Waals surface area contributed by atoms with Gasteiger partial charge < -0.3 is 11.1 Å². The molecule has 78 valence electrons. The molecule has 2 heterocycles. The molecule has 0 fully saturated rings. The summed E-state index contributed by atoms with van der Waals surface area (Å²) < 4.78 is 0. The molecule has 3 nitrogen and oxygen atoms in total. The number of aromatic nitrogens is 1. The number of anilines is 2. The van der Waals surface area contributed by atoms with Gasteiger partial charge in [-0.2, -0.15) is 11.3 Å². The van der Waals surface area contributed by atoms with Gasteiger partial charge in [0.2, 0.25) is 0 Å². The molecule has 2 rings (SSSR count). The minimum absolute atomic E-state index is 0.278. The Balaban J connectivity index is 2.09. The van der Waals surface area contributed by atoms with Crippen molar-refractivity contribution in [3.05, 3.63) is 40.8 Å². The minimum atomic E-state index is 0.278. The third kappa shape index (κ3) is 2.47. The third-order valence-corrected chi connectivity index (χ3v) is 2.89. The lowest BCUT2D eigenvalue weighted by atomic mass is 10.2. The van der Waals surface area contributed by atoms with Gasteiger partial charge in [0.05, 0.1) is 17.6 Å². The van der Waals surface area contributed by atoms with Gasteiger partial charge in [0.15, 0.2) is 0 Å².